The Kier molecular flexibility index (Phi) is 17.7. The Morgan fingerprint density at radius 3 is 1.87 bits per heavy atom. The third-order valence-corrected chi connectivity index (χ3v) is 6.00. The fourth-order valence-corrected chi connectivity index (χ4v) is 3.92. The van der Waals surface area contributed by atoms with Gasteiger partial charge in [-0.3, -0.25) is 0 Å². The fraction of sp³-hybridized carbons (Fsp3) is 0.920. The largest absolute Gasteiger partial charge is 0.394 e. The van der Waals surface area contributed by atoms with Crippen LogP contribution in [0.3, 0.4) is 0 Å². The number of aliphatic hydroxyl groups is 3. The second kappa shape index (κ2) is 19.2. The minimum atomic E-state index is -1.09. The van der Waals surface area contributed by atoms with E-state index < -0.39 is 24.4 Å². The first-order valence-corrected chi connectivity index (χ1v) is 12.6. The standard InChI is InChI=1S/C25H48O5/c1-2-3-4-5-6-7-8-9-10-11-12-13-14-15-16-17-18-19-29-23-21-30-22(20-26)24(27)25(23)28/h13-14,22-28H,2-12,15-21H2,1H3/b14-13+/t22-,23+,24-,25-/m1/s1. The Bertz CT molecular complexity index is 401. The molecule has 0 bridgehead atoms. The zero-order valence-corrected chi connectivity index (χ0v) is 19.4. The monoisotopic (exact) mass is 428 g/mol. The molecule has 1 heterocycles. The lowest BCUT2D eigenvalue weighted by Gasteiger charge is -2.36. The summed E-state index contributed by atoms with van der Waals surface area (Å²) in [5.41, 5.74) is 0. The van der Waals surface area contributed by atoms with Crippen molar-refractivity contribution in [2.75, 3.05) is 19.8 Å². The molecule has 1 rings (SSSR count). The molecule has 0 radical (unpaired) electrons. The lowest BCUT2D eigenvalue weighted by molar-refractivity contribution is -0.208. The molecule has 0 aromatic carbocycles. The fourth-order valence-electron chi connectivity index (χ4n) is 3.92. The molecule has 1 saturated heterocycles. The van der Waals surface area contributed by atoms with Gasteiger partial charge in [-0.25, -0.2) is 0 Å². The Balaban J connectivity index is 1.83. The van der Waals surface area contributed by atoms with Crippen molar-refractivity contribution in [3.05, 3.63) is 12.2 Å². The molecule has 0 amide bonds. The second-order valence-corrected chi connectivity index (χ2v) is 8.74. The van der Waals surface area contributed by atoms with Gasteiger partial charge in [0.25, 0.3) is 0 Å². The van der Waals surface area contributed by atoms with Gasteiger partial charge in [-0.2, -0.15) is 0 Å². The van der Waals surface area contributed by atoms with Crippen molar-refractivity contribution in [1.29, 1.82) is 0 Å². The van der Waals surface area contributed by atoms with Crippen LogP contribution in [0.4, 0.5) is 0 Å². The van der Waals surface area contributed by atoms with Gasteiger partial charge in [-0.1, -0.05) is 83.3 Å². The van der Waals surface area contributed by atoms with Crippen molar-refractivity contribution < 1.29 is 24.8 Å². The summed E-state index contributed by atoms with van der Waals surface area (Å²) in [5.74, 6) is 0. The summed E-state index contributed by atoms with van der Waals surface area (Å²) in [5, 5.41) is 28.9. The van der Waals surface area contributed by atoms with E-state index >= 15 is 0 Å². The van der Waals surface area contributed by atoms with E-state index in [-0.39, 0.29) is 13.2 Å². The summed E-state index contributed by atoms with van der Waals surface area (Å²) in [4.78, 5) is 0. The number of unbranched alkanes of at least 4 members (excludes halogenated alkanes) is 13. The summed E-state index contributed by atoms with van der Waals surface area (Å²) in [6.07, 6.45) is 20.7. The Hall–Kier alpha value is -0.460. The van der Waals surface area contributed by atoms with Crippen molar-refractivity contribution in [2.24, 2.45) is 0 Å². The molecule has 3 N–H and O–H groups in total. The van der Waals surface area contributed by atoms with Gasteiger partial charge >= 0.3 is 0 Å². The normalized spacial score (nSPS) is 24.7. The van der Waals surface area contributed by atoms with Gasteiger partial charge in [0.1, 0.15) is 24.4 Å². The molecular weight excluding hydrogens is 380 g/mol. The van der Waals surface area contributed by atoms with Gasteiger partial charge in [0, 0.05) is 6.61 Å². The van der Waals surface area contributed by atoms with Crippen LogP contribution in [0.2, 0.25) is 0 Å². The van der Waals surface area contributed by atoms with Gasteiger partial charge in [-0.15, -0.1) is 0 Å². The van der Waals surface area contributed by atoms with Crippen molar-refractivity contribution in [1.82, 2.24) is 0 Å². The topological polar surface area (TPSA) is 79.2 Å². The highest BCUT2D eigenvalue weighted by atomic mass is 16.6. The average molecular weight is 429 g/mol. The molecule has 0 aliphatic carbocycles. The summed E-state index contributed by atoms with van der Waals surface area (Å²) < 4.78 is 11.0. The van der Waals surface area contributed by atoms with Crippen LogP contribution in [0.15, 0.2) is 12.2 Å². The van der Waals surface area contributed by atoms with Crippen LogP contribution in [0.25, 0.3) is 0 Å². The van der Waals surface area contributed by atoms with Gasteiger partial charge < -0.3 is 24.8 Å². The number of hydrogen-bond acceptors (Lipinski definition) is 5. The first kappa shape index (κ1) is 27.6. The number of ether oxygens (including phenoxy) is 2. The zero-order valence-electron chi connectivity index (χ0n) is 19.4. The van der Waals surface area contributed by atoms with Gasteiger partial charge in [0.05, 0.1) is 13.2 Å². The first-order valence-electron chi connectivity index (χ1n) is 12.6. The highest BCUT2D eigenvalue weighted by Crippen LogP contribution is 2.18. The maximum absolute atomic E-state index is 10.0. The van der Waals surface area contributed by atoms with Gasteiger partial charge in [0.2, 0.25) is 0 Å². The summed E-state index contributed by atoms with van der Waals surface area (Å²) in [6, 6.07) is 0. The quantitative estimate of drug-likeness (QED) is 0.201. The van der Waals surface area contributed by atoms with E-state index in [0.717, 1.165) is 25.7 Å². The van der Waals surface area contributed by atoms with E-state index in [1.807, 2.05) is 0 Å². The van der Waals surface area contributed by atoms with E-state index in [2.05, 4.69) is 19.1 Å². The molecule has 5 heteroatoms. The Labute approximate surface area is 184 Å². The van der Waals surface area contributed by atoms with Crippen molar-refractivity contribution >= 4 is 0 Å². The van der Waals surface area contributed by atoms with Crippen molar-refractivity contribution in [2.45, 2.75) is 128 Å². The predicted octanol–water partition coefficient (Wildman–Crippen LogP) is 4.91. The second-order valence-electron chi connectivity index (χ2n) is 8.74. The molecule has 1 aliphatic heterocycles. The van der Waals surface area contributed by atoms with Crippen molar-refractivity contribution in [3.8, 4) is 0 Å². The minimum absolute atomic E-state index is 0.213. The lowest BCUT2D eigenvalue weighted by Crippen LogP contribution is -2.55. The number of allylic oxidation sites excluding steroid dienone is 2. The highest BCUT2D eigenvalue weighted by molar-refractivity contribution is 4.87. The van der Waals surface area contributed by atoms with E-state index in [0.29, 0.717) is 6.61 Å². The molecular formula is C25H48O5. The molecule has 0 aromatic heterocycles. The summed E-state index contributed by atoms with van der Waals surface area (Å²) in [6.45, 7) is 2.75. The minimum Gasteiger partial charge on any atom is -0.394 e. The van der Waals surface area contributed by atoms with E-state index in [9.17, 15) is 10.2 Å². The van der Waals surface area contributed by atoms with Gasteiger partial charge in [0.15, 0.2) is 0 Å². The SMILES string of the molecule is CCCCCCCCCCCC/C=C/CCCCCO[C@H]1CO[C@H](CO)[C@@H](O)[C@@H]1O. The average Bonchev–Trinajstić information content (AvgIpc) is 2.75. The summed E-state index contributed by atoms with van der Waals surface area (Å²) >= 11 is 0. The smallest absolute Gasteiger partial charge is 0.111 e. The van der Waals surface area contributed by atoms with Crippen LogP contribution in [-0.2, 0) is 9.47 Å². The molecule has 1 fully saturated rings. The van der Waals surface area contributed by atoms with Crippen LogP contribution in [0.5, 0.6) is 0 Å². The van der Waals surface area contributed by atoms with E-state index in [1.54, 1.807) is 0 Å². The number of rotatable bonds is 19. The molecule has 5 nitrogen and oxygen atoms in total. The Morgan fingerprint density at radius 1 is 0.767 bits per heavy atom. The third-order valence-electron chi connectivity index (χ3n) is 6.00. The van der Waals surface area contributed by atoms with Crippen LogP contribution < -0.4 is 0 Å². The van der Waals surface area contributed by atoms with Crippen molar-refractivity contribution in [3.63, 3.8) is 0 Å². The van der Waals surface area contributed by atoms with E-state index in [1.165, 1.54) is 70.6 Å². The van der Waals surface area contributed by atoms with Crippen LogP contribution >= 0.6 is 0 Å². The molecule has 0 unspecified atom stereocenters. The first-order chi connectivity index (χ1) is 14.7. The molecule has 178 valence electrons. The Morgan fingerprint density at radius 2 is 1.30 bits per heavy atom. The third kappa shape index (κ3) is 13.1. The molecule has 1 aliphatic rings. The predicted molar refractivity (Wildman–Crippen MR) is 123 cm³/mol. The maximum Gasteiger partial charge on any atom is 0.111 e. The summed E-state index contributed by atoms with van der Waals surface area (Å²) in [7, 11) is 0. The zero-order chi connectivity index (χ0) is 21.9. The van der Waals surface area contributed by atoms with Crippen LogP contribution in [-0.4, -0.2) is 59.6 Å². The lowest BCUT2D eigenvalue weighted by atomic mass is 10.0. The van der Waals surface area contributed by atoms with E-state index in [4.69, 9.17) is 14.6 Å². The maximum atomic E-state index is 10.0. The van der Waals surface area contributed by atoms with Gasteiger partial charge in [-0.05, 0) is 32.1 Å². The molecule has 4 atom stereocenters. The van der Waals surface area contributed by atoms with Crippen LogP contribution in [0, 0.1) is 0 Å². The molecule has 0 saturated carbocycles. The molecule has 0 aromatic rings. The number of aliphatic hydroxyl groups excluding tert-OH is 3. The highest BCUT2D eigenvalue weighted by Gasteiger charge is 2.38. The number of hydrogen-bond donors (Lipinski definition) is 3. The molecule has 30 heavy (non-hydrogen) atoms. The molecule has 0 spiro atoms. The van der Waals surface area contributed by atoms with Crippen LogP contribution in [0.1, 0.15) is 103 Å².